The van der Waals surface area contributed by atoms with Gasteiger partial charge in [0.25, 0.3) is 0 Å². The van der Waals surface area contributed by atoms with Gasteiger partial charge in [-0.05, 0) is 36.1 Å². The van der Waals surface area contributed by atoms with Crippen molar-refractivity contribution in [2.45, 2.75) is 31.2 Å². The molecule has 5 nitrogen and oxygen atoms in total. The molecule has 1 aliphatic carbocycles. The van der Waals surface area contributed by atoms with Crippen LogP contribution in [0.3, 0.4) is 0 Å². The summed E-state index contributed by atoms with van der Waals surface area (Å²) in [5.74, 6) is 0.562. The molecule has 2 aliphatic rings. The molecule has 31 heavy (non-hydrogen) atoms. The minimum atomic E-state index is -0.184. The van der Waals surface area contributed by atoms with Gasteiger partial charge in [0.05, 0.1) is 18.9 Å². The van der Waals surface area contributed by atoms with E-state index in [9.17, 15) is 4.39 Å². The van der Waals surface area contributed by atoms with Gasteiger partial charge in [-0.25, -0.2) is 4.39 Å². The summed E-state index contributed by atoms with van der Waals surface area (Å²) in [6.45, 7) is 4.13. The molecule has 2 aromatic carbocycles. The number of halogens is 2. The highest BCUT2D eigenvalue weighted by molar-refractivity contribution is 14.0. The second-order valence-electron chi connectivity index (χ2n) is 8.16. The van der Waals surface area contributed by atoms with Gasteiger partial charge in [-0.15, -0.1) is 24.0 Å². The zero-order valence-electron chi connectivity index (χ0n) is 18.1. The minimum absolute atomic E-state index is 0. The number of aliphatic imine (C=N–C) groups is 1. The van der Waals surface area contributed by atoms with Crippen molar-refractivity contribution in [1.82, 2.24) is 10.6 Å². The van der Waals surface area contributed by atoms with E-state index in [4.69, 9.17) is 4.74 Å². The first-order valence-corrected chi connectivity index (χ1v) is 10.8. The maximum Gasteiger partial charge on any atom is 0.191 e. The molecule has 1 heterocycles. The third kappa shape index (κ3) is 5.68. The van der Waals surface area contributed by atoms with Gasteiger partial charge in [0.15, 0.2) is 5.96 Å². The second kappa shape index (κ2) is 11.1. The largest absolute Gasteiger partial charge is 0.378 e. The van der Waals surface area contributed by atoms with Crippen LogP contribution in [0.15, 0.2) is 53.5 Å². The lowest BCUT2D eigenvalue weighted by Gasteiger charge is -2.43. The standard InChI is InChI=1S/C24H31FN4O.HI/c1-26-23(28-18-24(10-5-11-24)20-6-3-2-4-7-20)27-17-19-8-9-22(21(25)16-19)29-12-14-30-15-13-29;/h2-4,6-9,16H,5,10-15,17-18H2,1H3,(H2,26,27,28);1H. The number of ether oxygens (including phenoxy) is 1. The molecule has 1 saturated heterocycles. The summed E-state index contributed by atoms with van der Waals surface area (Å²) in [7, 11) is 1.77. The predicted octanol–water partition coefficient (Wildman–Crippen LogP) is 4.07. The molecule has 0 aromatic heterocycles. The van der Waals surface area contributed by atoms with E-state index >= 15 is 0 Å². The SMILES string of the molecule is CN=C(NCc1ccc(N2CCOCC2)c(F)c1)NCC1(c2ccccc2)CCC1.I. The first-order chi connectivity index (χ1) is 14.7. The van der Waals surface area contributed by atoms with E-state index in [1.165, 1.54) is 24.8 Å². The van der Waals surface area contributed by atoms with Crippen molar-refractivity contribution in [3.05, 3.63) is 65.5 Å². The van der Waals surface area contributed by atoms with Crippen molar-refractivity contribution in [2.75, 3.05) is 44.8 Å². The molecule has 0 spiro atoms. The fourth-order valence-corrected chi connectivity index (χ4v) is 4.34. The van der Waals surface area contributed by atoms with Gasteiger partial charge in [0.1, 0.15) is 5.82 Å². The van der Waals surface area contributed by atoms with E-state index in [-0.39, 0.29) is 35.2 Å². The van der Waals surface area contributed by atoms with Crippen LogP contribution in [-0.2, 0) is 16.7 Å². The van der Waals surface area contributed by atoms with Crippen molar-refractivity contribution in [2.24, 2.45) is 4.99 Å². The lowest BCUT2D eigenvalue weighted by Crippen LogP contribution is -2.48. The number of hydrogen-bond donors (Lipinski definition) is 2. The van der Waals surface area contributed by atoms with Crippen LogP contribution in [0.25, 0.3) is 0 Å². The van der Waals surface area contributed by atoms with Crippen LogP contribution in [0.2, 0.25) is 0 Å². The Bertz CT molecular complexity index is 867. The summed E-state index contributed by atoms with van der Waals surface area (Å²) in [5.41, 5.74) is 3.12. The molecule has 1 aliphatic heterocycles. The van der Waals surface area contributed by atoms with Crippen LogP contribution in [0.4, 0.5) is 10.1 Å². The lowest BCUT2D eigenvalue weighted by molar-refractivity contribution is 0.122. The van der Waals surface area contributed by atoms with Crippen molar-refractivity contribution >= 4 is 35.6 Å². The number of rotatable bonds is 6. The van der Waals surface area contributed by atoms with E-state index in [1.54, 1.807) is 13.1 Å². The van der Waals surface area contributed by atoms with Crippen molar-refractivity contribution in [3.8, 4) is 0 Å². The summed E-state index contributed by atoms with van der Waals surface area (Å²) < 4.78 is 20.0. The van der Waals surface area contributed by atoms with Crippen molar-refractivity contribution < 1.29 is 9.13 Å². The average molecular weight is 538 g/mol. The molecule has 1 saturated carbocycles. The van der Waals surface area contributed by atoms with Crippen LogP contribution in [0.1, 0.15) is 30.4 Å². The second-order valence-corrected chi connectivity index (χ2v) is 8.16. The zero-order valence-corrected chi connectivity index (χ0v) is 20.4. The molecular weight excluding hydrogens is 506 g/mol. The summed E-state index contributed by atoms with van der Waals surface area (Å²) in [4.78, 5) is 6.39. The topological polar surface area (TPSA) is 48.9 Å². The van der Waals surface area contributed by atoms with E-state index in [1.807, 2.05) is 17.0 Å². The Morgan fingerprint density at radius 1 is 1.10 bits per heavy atom. The number of benzene rings is 2. The molecule has 2 aromatic rings. The Balaban J connectivity index is 0.00000272. The highest BCUT2D eigenvalue weighted by Gasteiger charge is 2.38. The molecule has 4 rings (SSSR count). The number of anilines is 1. The summed E-state index contributed by atoms with van der Waals surface area (Å²) >= 11 is 0. The molecule has 168 valence electrons. The Morgan fingerprint density at radius 3 is 2.45 bits per heavy atom. The van der Waals surface area contributed by atoms with Crippen molar-refractivity contribution in [3.63, 3.8) is 0 Å². The van der Waals surface area contributed by atoms with Gasteiger partial charge in [-0.3, -0.25) is 4.99 Å². The monoisotopic (exact) mass is 538 g/mol. The fraction of sp³-hybridized carbons (Fsp3) is 0.458. The number of hydrogen-bond acceptors (Lipinski definition) is 3. The van der Waals surface area contributed by atoms with Crippen LogP contribution >= 0.6 is 24.0 Å². The quantitative estimate of drug-likeness (QED) is 0.331. The zero-order chi connectivity index (χ0) is 20.8. The molecule has 2 N–H and O–H groups in total. The van der Waals surface area contributed by atoms with Crippen molar-refractivity contribution in [1.29, 1.82) is 0 Å². The molecule has 0 amide bonds. The first-order valence-electron chi connectivity index (χ1n) is 10.8. The molecule has 0 atom stereocenters. The number of morpholine rings is 1. The number of nitrogens with one attached hydrogen (secondary N) is 2. The normalized spacial score (nSPS) is 18.0. The van der Waals surface area contributed by atoms with E-state index < -0.39 is 0 Å². The molecular formula is C24H32FIN4O. The Labute approximate surface area is 201 Å². The third-order valence-corrected chi connectivity index (χ3v) is 6.34. The Hall–Kier alpha value is -1.87. The average Bonchev–Trinajstić information content (AvgIpc) is 2.76. The van der Waals surface area contributed by atoms with E-state index in [0.717, 1.165) is 31.2 Å². The van der Waals surface area contributed by atoms with Gasteiger partial charge in [0, 0.05) is 38.6 Å². The maximum absolute atomic E-state index is 14.6. The maximum atomic E-state index is 14.6. The molecule has 7 heteroatoms. The first kappa shape index (κ1) is 23.8. The highest BCUT2D eigenvalue weighted by Crippen LogP contribution is 2.43. The number of nitrogens with zero attached hydrogens (tertiary/aromatic N) is 2. The van der Waals surface area contributed by atoms with Gasteiger partial charge in [-0.1, -0.05) is 42.8 Å². The molecule has 2 fully saturated rings. The van der Waals surface area contributed by atoms with Crippen LogP contribution < -0.4 is 15.5 Å². The van der Waals surface area contributed by atoms with E-state index in [2.05, 4.69) is 46.0 Å². The fourth-order valence-electron chi connectivity index (χ4n) is 4.34. The third-order valence-electron chi connectivity index (χ3n) is 6.34. The van der Waals surface area contributed by atoms with Crippen LogP contribution in [-0.4, -0.2) is 45.9 Å². The molecule has 0 radical (unpaired) electrons. The van der Waals surface area contributed by atoms with Crippen LogP contribution in [0, 0.1) is 5.82 Å². The summed E-state index contributed by atoms with van der Waals surface area (Å²) in [6.07, 6.45) is 3.64. The smallest absolute Gasteiger partial charge is 0.191 e. The molecule has 0 bridgehead atoms. The summed E-state index contributed by atoms with van der Waals surface area (Å²) in [5, 5.41) is 6.80. The Morgan fingerprint density at radius 2 is 1.84 bits per heavy atom. The van der Waals surface area contributed by atoms with Gasteiger partial charge >= 0.3 is 0 Å². The Kier molecular flexibility index (Phi) is 8.54. The van der Waals surface area contributed by atoms with E-state index in [0.29, 0.717) is 25.4 Å². The van der Waals surface area contributed by atoms with Crippen LogP contribution in [0.5, 0.6) is 0 Å². The number of guanidine groups is 1. The van der Waals surface area contributed by atoms with Gasteiger partial charge in [-0.2, -0.15) is 0 Å². The molecule has 0 unspecified atom stereocenters. The van der Waals surface area contributed by atoms with Gasteiger partial charge < -0.3 is 20.3 Å². The lowest BCUT2D eigenvalue weighted by atomic mass is 9.64. The highest BCUT2D eigenvalue weighted by atomic mass is 127. The summed E-state index contributed by atoms with van der Waals surface area (Å²) in [6, 6.07) is 16.2. The minimum Gasteiger partial charge on any atom is -0.378 e. The predicted molar refractivity (Wildman–Crippen MR) is 135 cm³/mol. The van der Waals surface area contributed by atoms with Gasteiger partial charge in [0.2, 0.25) is 0 Å².